The van der Waals surface area contributed by atoms with Crippen molar-refractivity contribution >= 4 is 70.6 Å². The third-order valence-corrected chi connectivity index (χ3v) is 3.95. The van der Waals surface area contributed by atoms with Crippen LogP contribution in [0.25, 0.3) is 0 Å². The van der Waals surface area contributed by atoms with Crippen molar-refractivity contribution in [1.82, 2.24) is 21.3 Å². The van der Waals surface area contributed by atoms with Gasteiger partial charge in [-0.05, 0) is 13.8 Å². The van der Waals surface area contributed by atoms with E-state index in [0.29, 0.717) is 22.5 Å². The van der Waals surface area contributed by atoms with Gasteiger partial charge >= 0.3 is 0 Å². The molecule has 0 saturated heterocycles. The molecular formula is C15H33IN4O4S2. The summed E-state index contributed by atoms with van der Waals surface area (Å²) in [6.45, 7) is 5.15. The van der Waals surface area contributed by atoms with Crippen LogP contribution in [0.2, 0.25) is 0 Å². The standard InChI is InChI=1S/C7H14N2O2S.C4H8INO.C3H7NOS.CH4/c1-3-9-7(11)5-12-4-6(10)8-2;1-2-6-4(7)3-5;1-4-3(5)2-6;/h3-5H2,1-2H3,(H,8,10)(H,9,11);2-3H2,1H3,(H,6,7);6H,2H2,1H3,(H,4,5);1H4. The maximum absolute atomic E-state index is 10.8. The van der Waals surface area contributed by atoms with Crippen LogP contribution >= 0.6 is 47.0 Å². The van der Waals surface area contributed by atoms with Gasteiger partial charge in [0, 0.05) is 27.2 Å². The fourth-order valence-electron chi connectivity index (χ4n) is 0.880. The van der Waals surface area contributed by atoms with Crippen molar-refractivity contribution < 1.29 is 19.2 Å². The Bertz CT molecular complexity index is 383. The lowest BCUT2D eigenvalue weighted by Gasteiger charge is -2.00. The van der Waals surface area contributed by atoms with E-state index in [0.717, 1.165) is 6.54 Å². The molecule has 0 atom stereocenters. The maximum atomic E-state index is 10.8. The second kappa shape index (κ2) is 26.5. The molecule has 8 nitrogen and oxygen atoms in total. The smallest absolute Gasteiger partial charge is 0.229 e. The number of alkyl halides is 1. The zero-order chi connectivity index (χ0) is 20.1. The first-order chi connectivity index (χ1) is 11.8. The highest BCUT2D eigenvalue weighted by Gasteiger charge is 2.01. The van der Waals surface area contributed by atoms with Gasteiger partial charge in [0.25, 0.3) is 0 Å². The van der Waals surface area contributed by atoms with Crippen LogP contribution in [0.1, 0.15) is 21.3 Å². The number of nitrogens with one attached hydrogen (secondary N) is 4. The number of amides is 4. The minimum absolute atomic E-state index is 0. The Kier molecular flexibility index (Phi) is 33.6. The molecule has 0 unspecified atom stereocenters. The van der Waals surface area contributed by atoms with Crippen molar-refractivity contribution in [3.8, 4) is 0 Å². The fourth-order valence-corrected chi connectivity index (χ4v) is 2.03. The summed E-state index contributed by atoms with van der Waals surface area (Å²) in [5, 5.41) is 10.2. The number of rotatable bonds is 8. The Morgan fingerprint density at radius 3 is 1.54 bits per heavy atom. The van der Waals surface area contributed by atoms with Gasteiger partial charge in [-0.3, -0.25) is 19.2 Å². The average molecular weight is 524 g/mol. The van der Waals surface area contributed by atoms with Crippen molar-refractivity contribution in [3.63, 3.8) is 0 Å². The molecule has 0 fully saturated rings. The minimum Gasteiger partial charge on any atom is -0.358 e. The molecule has 0 spiro atoms. The van der Waals surface area contributed by atoms with Gasteiger partial charge < -0.3 is 21.3 Å². The Balaban J connectivity index is -0.000000149. The molecule has 156 valence electrons. The first-order valence-corrected chi connectivity index (χ1v) is 10.8. The fraction of sp³-hybridized carbons (Fsp3) is 0.733. The van der Waals surface area contributed by atoms with Crippen LogP contribution in [0.3, 0.4) is 0 Å². The molecule has 4 N–H and O–H groups in total. The number of carbonyl (C=O) groups is 4. The van der Waals surface area contributed by atoms with Crippen LogP contribution < -0.4 is 21.3 Å². The molecule has 0 heterocycles. The summed E-state index contributed by atoms with van der Waals surface area (Å²) in [4.78, 5) is 41.8. The zero-order valence-corrected chi connectivity index (χ0v) is 19.0. The van der Waals surface area contributed by atoms with Crippen LogP contribution in [0, 0.1) is 0 Å². The first kappa shape index (κ1) is 32.9. The van der Waals surface area contributed by atoms with E-state index in [-0.39, 0.29) is 36.8 Å². The van der Waals surface area contributed by atoms with Gasteiger partial charge in [0.05, 0.1) is 21.7 Å². The van der Waals surface area contributed by atoms with E-state index in [4.69, 9.17) is 0 Å². The lowest BCUT2D eigenvalue weighted by atomic mass is 10.6. The van der Waals surface area contributed by atoms with Crippen LogP contribution in [0.5, 0.6) is 0 Å². The number of hydrogen-bond donors (Lipinski definition) is 5. The Labute approximate surface area is 180 Å². The molecule has 26 heavy (non-hydrogen) atoms. The van der Waals surface area contributed by atoms with Crippen molar-refractivity contribution in [2.45, 2.75) is 21.3 Å². The third kappa shape index (κ3) is 31.1. The number of carbonyl (C=O) groups excluding carboxylic acids is 4. The molecule has 0 aromatic heterocycles. The number of thioether (sulfide) groups is 1. The summed E-state index contributed by atoms with van der Waals surface area (Å²) in [7, 11) is 3.16. The third-order valence-electron chi connectivity index (χ3n) is 2.04. The summed E-state index contributed by atoms with van der Waals surface area (Å²) in [6.07, 6.45) is 0. The largest absolute Gasteiger partial charge is 0.358 e. The number of hydrogen-bond acceptors (Lipinski definition) is 6. The maximum Gasteiger partial charge on any atom is 0.229 e. The molecule has 0 radical (unpaired) electrons. The second-order valence-corrected chi connectivity index (χ2v) is 6.10. The highest BCUT2D eigenvalue weighted by atomic mass is 127. The second-order valence-electron chi connectivity index (χ2n) is 4.04. The minimum atomic E-state index is -0.0516. The van der Waals surface area contributed by atoms with Gasteiger partial charge in [0.1, 0.15) is 0 Å². The van der Waals surface area contributed by atoms with Gasteiger partial charge in [-0.25, -0.2) is 0 Å². The topological polar surface area (TPSA) is 116 Å². The highest BCUT2D eigenvalue weighted by molar-refractivity contribution is 14.1. The van der Waals surface area contributed by atoms with Crippen molar-refractivity contribution in [2.24, 2.45) is 0 Å². The van der Waals surface area contributed by atoms with Gasteiger partial charge in [-0.2, -0.15) is 12.6 Å². The summed E-state index contributed by atoms with van der Waals surface area (Å²) in [5.74, 6) is 0.961. The highest BCUT2D eigenvalue weighted by Crippen LogP contribution is 1.97. The molecule has 11 heteroatoms. The van der Waals surface area contributed by atoms with Crippen LogP contribution in [-0.2, 0) is 19.2 Å². The van der Waals surface area contributed by atoms with Crippen molar-refractivity contribution in [2.75, 3.05) is 48.9 Å². The molecular weight excluding hydrogens is 491 g/mol. The lowest BCUT2D eigenvalue weighted by Crippen LogP contribution is -2.26. The molecule has 0 aliphatic heterocycles. The van der Waals surface area contributed by atoms with Crippen LogP contribution in [-0.4, -0.2) is 72.5 Å². The molecule has 0 rings (SSSR count). The molecule has 0 saturated carbocycles. The quantitative estimate of drug-likeness (QED) is 0.180. The van der Waals surface area contributed by atoms with E-state index in [9.17, 15) is 19.2 Å². The van der Waals surface area contributed by atoms with E-state index in [1.165, 1.54) is 11.8 Å². The molecule has 4 amide bonds. The lowest BCUT2D eigenvalue weighted by molar-refractivity contribution is -0.119. The van der Waals surface area contributed by atoms with Crippen LogP contribution in [0.4, 0.5) is 0 Å². The predicted octanol–water partition coefficient (Wildman–Crippen LogP) is 0.458. The van der Waals surface area contributed by atoms with Crippen LogP contribution in [0.15, 0.2) is 0 Å². The van der Waals surface area contributed by atoms with Gasteiger partial charge in [-0.1, -0.05) is 30.0 Å². The molecule has 0 aromatic rings. The number of thiol groups is 1. The molecule has 0 aliphatic carbocycles. The normalized spacial score (nSPS) is 8.23. The Hall–Kier alpha value is -0.690. The molecule has 0 bridgehead atoms. The summed E-state index contributed by atoms with van der Waals surface area (Å²) in [6, 6.07) is 0. The SMILES string of the molecule is C.CCNC(=O)CI.CCNC(=O)CSCC(=O)NC.CNC(=O)CS. The summed E-state index contributed by atoms with van der Waals surface area (Å²) >= 11 is 7.02. The van der Waals surface area contributed by atoms with E-state index >= 15 is 0 Å². The first-order valence-electron chi connectivity index (χ1n) is 7.51. The summed E-state index contributed by atoms with van der Waals surface area (Å²) in [5.41, 5.74) is 0. The monoisotopic (exact) mass is 524 g/mol. The Morgan fingerprint density at radius 1 is 0.846 bits per heavy atom. The van der Waals surface area contributed by atoms with E-state index < -0.39 is 0 Å². The van der Waals surface area contributed by atoms with Gasteiger partial charge in [0.2, 0.25) is 23.6 Å². The average Bonchev–Trinajstić information content (AvgIpc) is 2.62. The van der Waals surface area contributed by atoms with Gasteiger partial charge in [-0.15, -0.1) is 11.8 Å². The zero-order valence-electron chi connectivity index (χ0n) is 15.1. The van der Waals surface area contributed by atoms with E-state index in [2.05, 4.69) is 33.9 Å². The van der Waals surface area contributed by atoms with E-state index in [1.54, 1.807) is 14.1 Å². The molecule has 0 aliphatic rings. The molecule has 0 aromatic carbocycles. The predicted molar refractivity (Wildman–Crippen MR) is 122 cm³/mol. The Morgan fingerprint density at radius 2 is 1.27 bits per heavy atom. The van der Waals surface area contributed by atoms with Crippen molar-refractivity contribution in [1.29, 1.82) is 0 Å². The summed E-state index contributed by atoms with van der Waals surface area (Å²) < 4.78 is 0.561. The van der Waals surface area contributed by atoms with Crippen molar-refractivity contribution in [3.05, 3.63) is 0 Å². The number of halogens is 1. The van der Waals surface area contributed by atoms with Gasteiger partial charge in [0.15, 0.2) is 0 Å². The van der Waals surface area contributed by atoms with E-state index in [1.807, 2.05) is 36.4 Å².